The van der Waals surface area contributed by atoms with E-state index in [0.29, 0.717) is 11.6 Å². The summed E-state index contributed by atoms with van der Waals surface area (Å²) in [6, 6.07) is 5.30. The van der Waals surface area contributed by atoms with E-state index in [9.17, 15) is 4.79 Å². The third-order valence-electron chi connectivity index (χ3n) is 2.71. The zero-order chi connectivity index (χ0) is 13.9. The number of rotatable bonds is 4. The van der Waals surface area contributed by atoms with E-state index in [-0.39, 0.29) is 0 Å². The maximum Gasteiger partial charge on any atom is 0.213 e. The average Bonchev–Trinajstić information content (AvgIpc) is 3.16. The lowest BCUT2D eigenvalue weighted by Gasteiger charge is -2.06. The van der Waals surface area contributed by atoms with E-state index in [4.69, 9.17) is 4.74 Å². The summed E-state index contributed by atoms with van der Waals surface area (Å²) in [7, 11) is 1.56. The maximum atomic E-state index is 10.9. The lowest BCUT2D eigenvalue weighted by Crippen LogP contribution is -2.00. The highest BCUT2D eigenvalue weighted by Crippen LogP contribution is 2.26. The van der Waals surface area contributed by atoms with E-state index in [1.54, 1.807) is 41.8 Å². The second-order valence-corrected chi connectivity index (χ2v) is 4.79. The highest BCUT2D eigenvalue weighted by atomic mass is 32.1. The van der Waals surface area contributed by atoms with Gasteiger partial charge in [0.15, 0.2) is 6.29 Å². The average molecular weight is 286 g/mol. The van der Waals surface area contributed by atoms with Gasteiger partial charge in [-0.05, 0) is 12.1 Å². The molecular weight excluding hydrogens is 276 g/mol. The highest BCUT2D eigenvalue weighted by molar-refractivity contribution is 7.13. The monoisotopic (exact) mass is 286 g/mol. The molecule has 6 nitrogen and oxygen atoms in total. The Bertz CT molecular complexity index is 719. The van der Waals surface area contributed by atoms with Crippen LogP contribution in [0, 0.1) is 0 Å². The largest absolute Gasteiger partial charge is 0.481 e. The molecule has 0 aromatic carbocycles. The van der Waals surface area contributed by atoms with Crippen LogP contribution in [0.2, 0.25) is 0 Å². The molecular formula is C13H10N4O2S. The van der Waals surface area contributed by atoms with E-state index >= 15 is 0 Å². The summed E-state index contributed by atoms with van der Waals surface area (Å²) in [5.41, 5.74) is 3.66. The number of pyridine rings is 1. The normalized spacial score (nSPS) is 10.4. The van der Waals surface area contributed by atoms with Crippen molar-refractivity contribution in [3.63, 3.8) is 0 Å². The van der Waals surface area contributed by atoms with Crippen LogP contribution >= 0.6 is 11.3 Å². The predicted molar refractivity (Wildman–Crippen MR) is 74.4 cm³/mol. The minimum atomic E-state index is 0.365. The molecule has 0 amide bonds. The molecule has 3 rings (SSSR count). The minimum Gasteiger partial charge on any atom is -0.481 e. The quantitative estimate of drug-likeness (QED) is 0.688. The van der Waals surface area contributed by atoms with E-state index < -0.39 is 0 Å². The van der Waals surface area contributed by atoms with E-state index in [2.05, 4.69) is 15.1 Å². The van der Waals surface area contributed by atoms with Crippen LogP contribution in [-0.4, -0.2) is 33.1 Å². The van der Waals surface area contributed by atoms with Crippen molar-refractivity contribution in [1.29, 1.82) is 0 Å². The fraction of sp³-hybridized carbons (Fsp3) is 0.0769. The number of hydrogen-bond donors (Lipinski definition) is 0. The molecule has 0 unspecified atom stereocenters. The van der Waals surface area contributed by atoms with Crippen LogP contribution in [-0.2, 0) is 0 Å². The molecule has 0 aliphatic rings. The van der Waals surface area contributed by atoms with Crippen LogP contribution in [0.25, 0.3) is 16.3 Å². The summed E-state index contributed by atoms with van der Waals surface area (Å²) >= 11 is 1.48. The lowest BCUT2D eigenvalue weighted by molar-refractivity contribution is 0.111. The van der Waals surface area contributed by atoms with Crippen molar-refractivity contribution in [2.75, 3.05) is 7.11 Å². The molecule has 0 saturated heterocycles. The minimum absolute atomic E-state index is 0.365. The molecule has 0 N–H and O–H groups in total. The third kappa shape index (κ3) is 2.19. The molecule has 0 atom stereocenters. The number of carbonyl (C=O) groups is 1. The molecule has 0 aliphatic heterocycles. The predicted octanol–water partition coefficient (Wildman–Crippen LogP) is 2.21. The number of thiazole rings is 1. The Morgan fingerprint density at radius 3 is 2.85 bits per heavy atom. The molecule has 0 radical (unpaired) electrons. The third-order valence-corrected chi connectivity index (χ3v) is 3.50. The Balaban J connectivity index is 2.11. The number of aldehydes is 1. The molecule has 3 heterocycles. The van der Waals surface area contributed by atoms with Crippen molar-refractivity contribution in [2.45, 2.75) is 0 Å². The van der Waals surface area contributed by atoms with Gasteiger partial charge in [0.1, 0.15) is 5.69 Å². The van der Waals surface area contributed by atoms with Gasteiger partial charge in [0.2, 0.25) is 5.88 Å². The Morgan fingerprint density at radius 2 is 2.25 bits per heavy atom. The van der Waals surface area contributed by atoms with Gasteiger partial charge in [-0.3, -0.25) is 9.78 Å². The Kier molecular flexibility index (Phi) is 3.26. The van der Waals surface area contributed by atoms with Crippen LogP contribution in [0.5, 0.6) is 5.88 Å². The first-order chi connectivity index (χ1) is 9.81. The molecule has 0 bridgehead atoms. The topological polar surface area (TPSA) is 69.9 Å². The van der Waals surface area contributed by atoms with Gasteiger partial charge >= 0.3 is 0 Å². The van der Waals surface area contributed by atoms with Crippen LogP contribution in [0.1, 0.15) is 10.5 Å². The van der Waals surface area contributed by atoms with Gasteiger partial charge < -0.3 is 4.74 Å². The summed E-state index contributed by atoms with van der Waals surface area (Å²) in [6.07, 6.45) is 4.10. The number of methoxy groups -OCH3 is 1. The van der Waals surface area contributed by atoms with Gasteiger partial charge in [0.05, 0.1) is 35.1 Å². The summed E-state index contributed by atoms with van der Waals surface area (Å²) in [5, 5.41) is 4.26. The molecule has 3 aromatic heterocycles. The first-order valence-electron chi connectivity index (χ1n) is 5.76. The van der Waals surface area contributed by atoms with Crippen molar-refractivity contribution in [3.05, 3.63) is 41.8 Å². The van der Waals surface area contributed by atoms with Crippen LogP contribution in [0.3, 0.4) is 0 Å². The summed E-state index contributed by atoms with van der Waals surface area (Å²) in [6.45, 7) is 0. The SMILES string of the molecule is COc1ccc(-n2nc(C=O)cc2-c2cncs2)cn1. The Labute approximate surface area is 118 Å². The molecule has 3 aromatic rings. The van der Waals surface area contributed by atoms with E-state index in [1.807, 2.05) is 6.07 Å². The molecule has 7 heteroatoms. The first-order valence-corrected chi connectivity index (χ1v) is 6.64. The molecule has 0 aliphatic carbocycles. The van der Waals surface area contributed by atoms with Gasteiger partial charge in [-0.1, -0.05) is 0 Å². The van der Waals surface area contributed by atoms with Gasteiger partial charge in [-0.15, -0.1) is 11.3 Å². The molecule has 0 fully saturated rings. The Hall–Kier alpha value is -2.54. The molecule has 0 saturated carbocycles. The molecule has 100 valence electrons. The smallest absolute Gasteiger partial charge is 0.213 e. The van der Waals surface area contributed by atoms with Crippen LogP contribution in [0.15, 0.2) is 36.1 Å². The maximum absolute atomic E-state index is 10.9. The number of aromatic nitrogens is 4. The van der Waals surface area contributed by atoms with E-state index in [1.165, 1.54) is 11.3 Å². The zero-order valence-electron chi connectivity index (χ0n) is 10.6. The second kappa shape index (κ2) is 5.22. The fourth-order valence-corrected chi connectivity index (χ4v) is 2.41. The number of hydrogen-bond acceptors (Lipinski definition) is 6. The van der Waals surface area contributed by atoms with Crippen LogP contribution < -0.4 is 4.74 Å². The van der Waals surface area contributed by atoms with Crippen LogP contribution in [0.4, 0.5) is 0 Å². The second-order valence-electron chi connectivity index (χ2n) is 3.91. The fourth-order valence-electron chi connectivity index (χ4n) is 1.79. The lowest BCUT2D eigenvalue weighted by atomic mass is 10.3. The summed E-state index contributed by atoms with van der Waals surface area (Å²) in [5.74, 6) is 0.524. The van der Waals surface area contributed by atoms with E-state index in [0.717, 1.165) is 22.5 Å². The van der Waals surface area contributed by atoms with Crippen molar-refractivity contribution in [1.82, 2.24) is 19.7 Å². The first kappa shape index (κ1) is 12.5. The number of carbonyl (C=O) groups excluding carboxylic acids is 1. The van der Waals surface area contributed by atoms with Crippen molar-refractivity contribution in [3.8, 4) is 22.1 Å². The van der Waals surface area contributed by atoms with Gasteiger partial charge in [0, 0.05) is 12.3 Å². The molecule has 0 spiro atoms. The Morgan fingerprint density at radius 1 is 1.35 bits per heavy atom. The van der Waals surface area contributed by atoms with Crippen molar-refractivity contribution >= 4 is 17.6 Å². The van der Waals surface area contributed by atoms with Gasteiger partial charge in [-0.25, -0.2) is 9.67 Å². The van der Waals surface area contributed by atoms with Gasteiger partial charge in [0.25, 0.3) is 0 Å². The summed E-state index contributed by atoms with van der Waals surface area (Å²) < 4.78 is 6.70. The highest BCUT2D eigenvalue weighted by Gasteiger charge is 2.13. The van der Waals surface area contributed by atoms with Crippen molar-refractivity contribution < 1.29 is 9.53 Å². The summed E-state index contributed by atoms with van der Waals surface area (Å²) in [4.78, 5) is 20.1. The van der Waals surface area contributed by atoms with Gasteiger partial charge in [-0.2, -0.15) is 5.10 Å². The standard InChI is InChI=1S/C13H10N4O2S/c1-19-13-3-2-10(5-15-13)17-11(4-9(7-18)16-17)12-6-14-8-20-12/h2-8H,1H3. The van der Waals surface area contributed by atoms with Crippen molar-refractivity contribution in [2.24, 2.45) is 0 Å². The molecule has 20 heavy (non-hydrogen) atoms. The zero-order valence-corrected chi connectivity index (χ0v) is 11.4. The number of nitrogens with zero attached hydrogens (tertiary/aromatic N) is 4. The number of ether oxygens (including phenoxy) is 1.